The molecule has 0 radical (unpaired) electrons. The zero-order chi connectivity index (χ0) is 12.8. The van der Waals surface area contributed by atoms with E-state index in [1.54, 1.807) is 0 Å². The average molecular weight is 248 g/mol. The quantitative estimate of drug-likeness (QED) is 0.677. The number of aryl methyl sites for hydroxylation is 1. The van der Waals surface area contributed by atoms with Gasteiger partial charge in [-0.05, 0) is 50.3 Å². The van der Waals surface area contributed by atoms with Crippen molar-refractivity contribution in [2.45, 2.75) is 45.3 Å². The predicted molar refractivity (Wildman–Crippen MR) is 75.9 cm³/mol. The smallest absolute Gasteiger partial charge is 0.0512 e. The highest BCUT2D eigenvalue weighted by Gasteiger charge is 2.11. The Morgan fingerprint density at radius 3 is 3.17 bits per heavy atom. The minimum atomic E-state index is -0.182. The highest BCUT2D eigenvalue weighted by atomic mass is 16.3. The standard InChI is InChI=1S/C15H24N2O/c1-12(18)5-3-9-16-11-14-7-2-6-13-8-4-10-17-15(13)14/h2,6-7,12,16-18H,3-5,8-11H2,1H3. The third kappa shape index (κ3) is 3.72. The number of anilines is 1. The fraction of sp³-hybridized carbons (Fsp3) is 0.600. The molecule has 1 unspecified atom stereocenters. The molecule has 18 heavy (non-hydrogen) atoms. The molecule has 100 valence electrons. The maximum absolute atomic E-state index is 9.19. The van der Waals surface area contributed by atoms with E-state index in [1.165, 1.54) is 29.7 Å². The molecule has 0 aliphatic carbocycles. The molecule has 0 amide bonds. The van der Waals surface area contributed by atoms with Gasteiger partial charge in [0.25, 0.3) is 0 Å². The van der Waals surface area contributed by atoms with Crippen molar-refractivity contribution in [3.8, 4) is 0 Å². The summed E-state index contributed by atoms with van der Waals surface area (Å²) in [6.07, 6.45) is 4.15. The number of hydrogen-bond donors (Lipinski definition) is 3. The number of hydrogen-bond acceptors (Lipinski definition) is 3. The topological polar surface area (TPSA) is 44.3 Å². The summed E-state index contributed by atoms with van der Waals surface area (Å²) in [5.41, 5.74) is 4.15. The first kappa shape index (κ1) is 13.4. The summed E-state index contributed by atoms with van der Waals surface area (Å²) in [6.45, 7) is 4.81. The van der Waals surface area contributed by atoms with E-state index in [1.807, 2.05) is 6.92 Å². The van der Waals surface area contributed by atoms with Crippen molar-refractivity contribution in [1.82, 2.24) is 5.32 Å². The number of aliphatic hydroxyl groups excluding tert-OH is 1. The SMILES string of the molecule is CC(O)CCCNCc1cccc2c1NCCC2. The number of aliphatic hydroxyl groups is 1. The largest absolute Gasteiger partial charge is 0.393 e. The minimum absolute atomic E-state index is 0.182. The van der Waals surface area contributed by atoms with E-state index >= 15 is 0 Å². The number of benzene rings is 1. The van der Waals surface area contributed by atoms with Crippen LogP contribution in [0.1, 0.15) is 37.3 Å². The summed E-state index contributed by atoms with van der Waals surface area (Å²) in [7, 11) is 0. The Labute approximate surface area is 110 Å². The van der Waals surface area contributed by atoms with Crippen LogP contribution in [-0.4, -0.2) is 24.3 Å². The van der Waals surface area contributed by atoms with Gasteiger partial charge >= 0.3 is 0 Å². The van der Waals surface area contributed by atoms with Crippen LogP contribution >= 0.6 is 0 Å². The van der Waals surface area contributed by atoms with Crippen LogP contribution in [0.5, 0.6) is 0 Å². The molecule has 1 aromatic rings. The van der Waals surface area contributed by atoms with Crippen LogP contribution in [0.25, 0.3) is 0 Å². The van der Waals surface area contributed by atoms with Crippen molar-refractivity contribution in [3.05, 3.63) is 29.3 Å². The van der Waals surface area contributed by atoms with E-state index in [4.69, 9.17) is 0 Å². The Kier molecular flexibility index (Phi) is 5.02. The zero-order valence-corrected chi connectivity index (χ0v) is 11.2. The molecule has 0 saturated heterocycles. The average Bonchev–Trinajstić information content (AvgIpc) is 2.38. The zero-order valence-electron chi connectivity index (χ0n) is 11.2. The second kappa shape index (κ2) is 6.76. The Morgan fingerprint density at radius 2 is 2.33 bits per heavy atom. The van der Waals surface area contributed by atoms with Gasteiger partial charge in [-0.15, -0.1) is 0 Å². The second-order valence-corrected chi connectivity index (χ2v) is 5.15. The molecule has 1 aliphatic heterocycles. The van der Waals surface area contributed by atoms with Crippen LogP contribution < -0.4 is 10.6 Å². The van der Waals surface area contributed by atoms with Crippen molar-refractivity contribution in [2.75, 3.05) is 18.4 Å². The van der Waals surface area contributed by atoms with Crippen molar-refractivity contribution < 1.29 is 5.11 Å². The van der Waals surface area contributed by atoms with Crippen molar-refractivity contribution in [2.24, 2.45) is 0 Å². The van der Waals surface area contributed by atoms with Gasteiger partial charge in [0.1, 0.15) is 0 Å². The van der Waals surface area contributed by atoms with Crippen LogP contribution in [0, 0.1) is 0 Å². The van der Waals surface area contributed by atoms with Crippen LogP contribution in [0.15, 0.2) is 18.2 Å². The normalized spacial score (nSPS) is 15.9. The molecule has 1 aromatic carbocycles. The Balaban J connectivity index is 1.82. The monoisotopic (exact) mass is 248 g/mol. The van der Waals surface area contributed by atoms with Gasteiger partial charge in [0.05, 0.1) is 6.10 Å². The molecule has 2 rings (SSSR count). The lowest BCUT2D eigenvalue weighted by atomic mass is 9.99. The van der Waals surface area contributed by atoms with Gasteiger partial charge in [-0.25, -0.2) is 0 Å². The van der Waals surface area contributed by atoms with E-state index < -0.39 is 0 Å². The molecular formula is C15H24N2O. The molecule has 0 bridgehead atoms. The first-order chi connectivity index (χ1) is 8.77. The maximum atomic E-state index is 9.19. The summed E-state index contributed by atoms with van der Waals surface area (Å²) in [5.74, 6) is 0. The van der Waals surface area contributed by atoms with Crippen molar-refractivity contribution in [3.63, 3.8) is 0 Å². The highest BCUT2D eigenvalue weighted by molar-refractivity contribution is 5.59. The molecule has 3 heteroatoms. The van der Waals surface area contributed by atoms with Gasteiger partial charge in [0, 0.05) is 18.8 Å². The number of nitrogens with one attached hydrogen (secondary N) is 2. The molecule has 3 nitrogen and oxygen atoms in total. The third-order valence-electron chi connectivity index (χ3n) is 3.45. The molecule has 1 heterocycles. The van der Waals surface area contributed by atoms with Crippen molar-refractivity contribution in [1.29, 1.82) is 0 Å². The van der Waals surface area contributed by atoms with E-state index in [9.17, 15) is 5.11 Å². The molecular weight excluding hydrogens is 224 g/mol. The lowest BCUT2D eigenvalue weighted by Crippen LogP contribution is -2.19. The van der Waals surface area contributed by atoms with E-state index in [2.05, 4.69) is 28.8 Å². The van der Waals surface area contributed by atoms with Gasteiger partial charge < -0.3 is 15.7 Å². The van der Waals surface area contributed by atoms with E-state index in [0.29, 0.717) is 0 Å². The molecule has 0 saturated carbocycles. The third-order valence-corrected chi connectivity index (χ3v) is 3.45. The first-order valence-corrected chi connectivity index (χ1v) is 7.01. The summed E-state index contributed by atoms with van der Waals surface area (Å²) >= 11 is 0. The van der Waals surface area contributed by atoms with Crippen LogP contribution in [-0.2, 0) is 13.0 Å². The maximum Gasteiger partial charge on any atom is 0.0512 e. The van der Waals surface area contributed by atoms with Crippen LogP contribution in [0.3, 0.4) is 0 Å². The fourth-order valence-corrected chi connectivity index (χ4v) is 2.47. The summed E-state index contributed by atoms with van der Waals surface area (Å²) in [4.78, 5) is 0. The molecule has 0 fully saturated rings. The molecule has 0 spiro atoms. The van der Waals surface area contributed by atoms with Crippen LogP contribution in [0.2, 0.25) is 0 Å². The lowest BCUT2D eigenvalue weighted by Gasteiger charge is -2.21. The first-order valence-electron chi connectivity index (χ1n) is 7.01. The second-order valence-electron chi connectivity index (χ2n) is 5.15. The summed E-state index contributed by atoms with van der Waals surface area (Å²) in [6, 6.07) is 6.57. The summed E-state index contributed by atoms with van der Waals surface area (Å²) < 4.78 is 0. The molecule has 0 aromatic heterocycles. The van der Waals surface area contributed by atoms with Gasteiger partial charge in [-0.3, -0.25) is 0 Å². The number of rotatable bonds is 6. The lowest BCUT2D eigenvalue weighted by molar-refractivity contribution is 0.181. The number of fused-ring (bicyclic) bond motifs is 1. The van der Waals surface area contributed by atoms with Crippen molar-refractivity contribution >= 4 is 5.69 Å². The van der Waals surface area contributed by atoms with Gasteiger partial charge in [0.15, 0.2) is 0 Å². The molecule has 1 aliphatic rings. The molecule has 1 atom stereocenters. The van der Waals surface area contributed by atoms with Gasteiger partial charge in [-0.1, -0.05) is 18.2 Å². The fourth-order valence-electron chi connectivity index (χ4n) is 2.47. The Morgan fingerprint density at radius 1 is 1.44 bits per heavy atom. The number of para-hydroxylation sites is 1. The Hall–Kier alpha value is -1.06. The highest BCUT2D eigenvalue weighted by Crippen LogP contribution is 2.25. The van der Waals surface area contributed by atoms with Gasteiger partial charge in [-0.2, -0.15) is 0 Å². The predicted octanol–water partition coefficient (Wildman–Crippen LogP) is 2.30. The van der Waals surface area contributed by atoms with E-state index in [-0.39, 0.29) is 6.10 Å². The summed E-state index contributed by atoms with van der Waals surface area (Å²) in [5, 5.41) is 16.2. The van der Waals surface area contributed by atoms with Crippen LogP contribution in [0.4, 0.5) is 5.69 Å². The van der Waals surface area contributed by atoms with E-state index in [0.717, 1.165) is 32.5 Å². The Bertz CT molecular complexity index is 377. The van der Waals surface area contributed by atoms with Gasteiger partial charge in [0.2, 0.25) is 0 Å². The minimum Gasteiger partial charge on any atom is -0.393 e. The molecule has 3 N–H and O–H groups in total.